The fraction of sp³-hybridized carbons (Fsp3) is 0.438. The Kier molecular flexibility index (Phi) is 5.11. The molecule has 0 aliphatic carbocycles. The molecule has 0 saturated carbocycles. The number of thiophene rings is 1. The summed E-state index contributed by atoms with van der Waals surface area (Å²) in [6, 6.07) is 11.0. The van der Waals surface area contributed by atoms with Gasteiger partial charge in [-0.1, -0.05) is 19.9 Å². The van der Waals surface area contributed by atoms with Gasteiger partial charge in [-0.05, 0) is 44.2 Å². The zero-order chi connectivity index (χ0) is 13.7. The first-order chi connectivity index (χ1) is 9.22. The van der Waals surface area contributed by atoms with Crippen LogP contribution in [-0.4, -0.2) is 11.5 Å². The number of aromatic nitrogens is 1. The molecule has 2 atom stereocenters. The van der Waals surface area contributed by atoms with Gasteiger partial charge in [0.2, 0.25) is 0 Å². The van der Waals surface area contributed by atoms with Crippen molar-refractivity contribution in [3.63, 3.8) is 0 Å². The van der Waals surface area contributed by atoms with Gasteiger partial charge in [0, 0.05) is 33.6 Å². The zero-order valence-corrected chi connectivity index (χ0v) is 12.7. The molecule has 2 aromatic heterocycles. The average molecular weight is 274 g/mol. The molecule has 0 spiro atoms. The molecule has 0 fully saturated rings. The normalized spacial score (nSPS) is 14.3. The molecule has 1 N–H and O–H groups in total. The molecule has 2 nitrogen and oxygen atoms in total. The van der Waals surface area contributed by atoms with Crippen LogP contribution in [0, 0.1) is 6.92 Å². The van der Waals surface area contributed by atoms with E-state index in [0.717, 1.165) is 18.7 Å². The second-order valence-corrected chi connectivity index (χ2v) is 6.24. The number of hydrogen-bond acceptors (Lipinski definition) is 3. The van der Waals surface area contributed by atoms with Gasteiger partial charge in [0.05, 0.1) is 0 Å². The van der Waals surface area contributed by atoms with Crippen LogP contribution < -0.4 is 5.32 Å². The van der Waals surface area contributed by atoms with E-state index in [-0.39, 0.29) is 0 Å². The lowest BCUT2D eigenvalue weighted by Crippen LogP contribution is -2.26. The second-order valence-electron chi connectivity index (χ2n) is 4.92. The second kappa shape index (κ2) is 6.83. The molecule has 0 aliphatic rings. The van der Waals surface area contributed by atoms with E-state index in [0.29, 0.717) is 12.0 Å². The predicted molar refractivity (Wildman–Crippen MR) is 82.7 cm³/mol. The summed E-state index contributed by atoms with van der Waals surface area (Å²) < 4.78 is 0. The molecule has 19 heavy (non-hydrogen) atoms. The van der Waals surface area contributed by atoms with Crippen LogP contribution in [0.25, 0.3) is 0 Å². The first kappa shape index (κ1) is 14.2. The van der Waals surface area contributed by atoms with Crippen molar-refractivity contribution in [1.29, 1.82) is 0 Å². The van der Waals surface area contributed by atoms with Gasteiger partial charge >= 0.3 is 0 Å². The molecule has 0 aliphatic heterocycles. The van der Waals surface area contributed by atoms with Crippen molar-refractivity contribution in [2.45, 2.75) is 39.2 Å². The van der Waals surface area contributed by atoms with Crippen LogP contribution in [-0.2, 0) is 0 Å². The molecule has 2 aromatic rings. The summed E-state index contributed by atoms with van der Waals surface area (Å²) in [7, 11) is 0. The maximum atomic E-state index is 4.50. The predicted octanol–water partition coefficient (Wildman–Crippen LogP) is 4.30. The smallest absolute Gasteiger partial charge is 0.0496 e. The summed E-state index contributed by atoms with van der Waals surface area (Å²) in [5, 5.41) is 3.67. The first-order valence-corrected chi connectivity index (χ1v) is 7.74. The van der Waals surface area contributed by atoms with E-state index < -0.39 is 0 Å². The van der Waals surface area contributed by atoms with E-state index in [1.807, 2.05) is 23.6 Å². The van der Waals surface area contributed by atoms with Gasteiger partial charge in [0.1, 0.15) is 0 Å². The molecular formula is C16H22N2S. The third-order valence-electron chi connectivity index (χ3n) is 3.34. The third-order valence-corrected chi connectivity index (χ3v) is 4.42. The van der Waals surface area contributed by atoms with Crippen molar-refractivity contribution < 1.29 is 0 Å². The molecule has 0 radical (unpaired) electrons. The number of nitrogens with zero attached hydrogens (tertiary/aromatic N) is 1. The van der Waals surface area contributed by atoms with Crippen LogP contribution in [0.5, 0.6) is 0 Å². The standard InChI is InChI=1S/C16H22N2S/c1-4-10-18-16(15-9-8-12(2)19-15)13(3)14-7-5-6-11-17-14/h5-9,11,13,16,18H,4,10H2,1-3H3. The van der Waals surface area contributed by atoms with Crippen LogP contribution in [0.1, 0.15) is 47.7 Å². The fourth-order valence-corrected chi connectivity index (χ4v) is 3.32. The highest BCUT2D eigenvalue weighted by Crippen LogP contribution is 2.33. The fourth-order valence-electron chi connectivity index (χ4n) is 2.26. The monoisotopic (exact) mass is 274 g/mol. The highest BCUT2D eigenvalue weighted by Gasteiger charge is 2.22. The van der Waals surface area contributed by atoms with Gasteiger partial charge in [-0.2, -0.15) is 0 Å². The van der Waals surface area contributed by atoms with E-state index in [2.05, 4.69) is 55.3 Å². The van der Waals surface area contributed by atoms with Crippen LogP contribution in [0.2, 0.25) is 0 Å². The molecule has 0 bridgehead atoms. The van der Waals surface area contributed by atoms with E-state index in [1.165, 1.54) is 9.75 Å². The third kappa shape index (κ3) is 3.64. The lowest BCUT2D eigenvalue weighted by molar-refractivity contribution is 0.466. The van der Waals surface area contributed by atoms with Crippen molar-refractivity contribution in [2.24, 2.45) is 0 Å². The number of hydrogen-bond donors (Lipinski definition) is 1. The Morgan fingerprint density at radius 2 is 2.11 bits per heavy atom. The van der Waals surface area contributed by atoms with Crippen LogP contribution in [0.4, 0.5) is 0 Å². The summed E-state index contributed by atoms with van der Waals surface area (Å²) in [5.74, 6) is 0.380. The van der Waals surface area contributed by atoms with Crippen molar-refractivity contribution >= 4 is 11.3 Å². The van der Waals surface area contributed by atoms with Gasteiger partial charge in [-0.15, -0.1) is 11.3 Å². The molecule has 102 valence electrons. The van der Waals surface area contributed by atoms with Gasteiger partial charge in [0.15, 0.2) is 0 Å². The lowest BCUT2D eigenvalue weighted by Gasteiger charge is -2.24. The van der Waals surface area contributed by atoms with Crippen molar-refractivity contribution in [2.75, 3.05) is 6.54 Å². The minimum Gasteiger partial charge on any atom is -0.309 e. The first-order valence-electron chi connectivity index (χ1n) is 6.93. The maximum absolute atomic E-state index is 4.50. The van der Waals surface area contributed by atoms with E-state index in [4.69, 9.17) is 0 Å². The van der Waals surface area contributed by atoms with Crippen molar-refractivity contribution in [1.82, 2.24) is 10.3 Å². The molecule has 2 unspecified atom stereocenters. The average Bonchev–Trinajstić information content (AvgIpc) is 2.86. The minimum atomic E-state index is 0.355. The summed E-state index contributed by atoms with van der Waals surface area (Å²) >= 11 is 1.88. The molecule has 0 amide bonds. The largest absolute Gasteiger partial charge is 0.309 e. The molecule has 0 aromatic carbocycles. The Bertz CT molecular complexity index is 492. The Morgan fingerprint density at radius 1 is 1.26 bits per heavy atom. The van der Waals surface area contributed by atoms with Crippen LogP contribution in [0.15, 0.2) is 36.5 Å². The van der Waals surface area contributed by atoms with E-state index >= 15 is 0 Å². The van der Waals surface area contributed by atoms with Gasteiger partial charge in [-0.3, -0.25) is 4.98 Å². The van der Waals surface area contributed by atoms with Crippen LogP contribution in [0.3, 0.4) is 0 Å². The summed E-state index contributed by atoms with van der Waals surface area (Å²) in [6.45, 7) is 7.66. The van der Waals surface area contributed by atoms with Gasteiger partial charge in [-0.25, -0.2) is 0 Å². The van der Waals surface area contributed by atoms with Crippen LogP contribution >= 0.6 is 11.3 Å². The number of aryl methyl sites for hydroxylation is 1. The zero-order valence-electron chi connectivity index (χ0n) is 11.9. The summed E-state index contributed by atoms with van der Waals surface area (Å²) in [5.41, 5.74) is 1.15. The van der Waals surface area contributed by atoms with E-state index in [9.17, 15) is 0 Å². The highest BCUT2D eigenvalue weighted by atomic mass is 32.1. The maximum Gasteiger partial charge on any atom is 0.0496 e. The number of pyridine rings is 1. The summed E-state index contributed by atoms with van der Waals surface area (Å²) in [6.07, 6.45) is 3.03. The Hall–Kier alpha value is -1.19. The summed E-state index contributed by atoms with van der Waals surface area (Å²) in [4.78, 5) is 7.28. The molecule has 3 heteroatoms. The lowest BCUT2D eigenvalue weighted by atomic mass is 9.96. The Labute approximate surface area is 119 Å². The number of rotatable bonds is 6. The SMILES string of the molecule is CCCNC(c1ccc(C)s1)C(C)c1ccccn1. The quantitative estimate of drug-likeness (QED) is 0.849. The minimum absolute atomic E-state index is 0.355. The Balaban J connectivity index is 2.22. The van der Waals surface area contributed by atoms with Crippen molar-refractivity contribution in [3.05, 3.63) is 52.0 Å². The van der Waals surface area contributed by atoms with Crippen molar-refractivity contribution in [3.8, 4) is 0 Å². The number of nitrogens with one attached hydrogen (secondary N) is 1. The molecule has 2 heterocycles. The highest BCUT2D eigenvalue weighted by molar-refractivity contribution is 7.12. The van der Waals surface area contributed by atoms with Gasteiger partial charge in [0.25, 0.3) is 0 Å². The topological polar surface area (TPSA) is 24.9 Å². The Morgan fingerprint density at radius 3 is 2.68 bits per heavy atom. The van der Waals surface area contributed by atoms with Gasteiger partial charge < -0.3 is 5.32 Å². The molecular weight excluding hydrogens is 252 g/mol. The van der Waals surface area contributed by atoms with E-state index in [1.54, 1.807) is 0 Å². The molecule has 2 rings (SSSR count). The molecule has 0 saturated heterocycles.